The Morgan fingerprint density at radius 2 is 2.26 bits per heavy atom. The van der Waals surface area contributed by atoms with Gasteiger partial charge in [0.05, 0.1) is 12.0 Å². The van der Waals surface area contributed by atoms with Gasteiger partial charge >= 0.3 is 0 Å². The Kier molecular flexibility index (Phi) is 3.29. The molecule has 1 aliphatic rings. The Hall–Kier alpha value is -1.75. The molecule has 2 aromatic heterocycles. The molecule has 2 aromatic rings. The van der Waals surface area contributed by atoms with Crippen molar-refractivity contribution < 1.29 is 0 Å². The molecule has 5 nitrogen and oxygen atoms in total. The van der Waals surface area contributed by atoms with Crippen LogP contribution >= 0.6 is 0 Å². The molecule has 5 heteroatoms. The zero-order valence-electron chi connectivity index (χ0n) is 11.4. The first-order valence-corrected chi connectivity index (χ1v) is 6.73. The van der Waals surface area contributed by atoms with E-state index >= 15 is 0 Å². The predicted octanol–water partition coefficient (Wildman–Crippen LogP) is 1.81. The van der Waals surface area contributed by atoms with E-state index in [9.17, 15) is 0 Å². The van der Waals surface area contributed by atoms with Crippen LogP contribution in [0.2, 0.25) is 0 Å². The van der Waals surface area contributed by atoms with Crippen LogP contribution in [0.3, 0.4) is 0 Å². The van der Waals surface area contributed by atoms with E-state index in [0.29, 0.717) is 5.92 Å². The molecule has 3 heterocycles. The summed E-state index contributed by atoms with van der Waals surface area (Å²) in [6.45, 7) is 7.12. The highest BCUT2D eigenvalue weighted by atomic mass is 15.2. The van der Waals surface area contributed by atoms with Crippen molar-refractivity contribution in [1.82, 2.24) is 24.8 Å². The summed E-state index contributed by atoms with van der Waals surface area (Å²) >= 11 is 0. The Balaban J connectivity index is 1.66. The highest BCUT2D eigenvalue weighted by molar-refractivity contribution is 5.10. The van der Waals surface area contributed by atoms with Crippen molar-refractivity contribution in [3.63, 3.8) is 0 Å². The first-order chi connectivity index (χ1) is 9.22. The molecule has 0 spiro atoms. The normalized spacial score (nSPS) is 20.0. The third-order valence-electron chi connectivity index (χ3n) is 3.76. The fourth-order valence-electron chi connectivity index (χ4n) is 2.61. The molecule has 1 N–H and O–H groups in total. The number of H-pyrrole nitrogens is 1. The Morgan fingerprint density at radius 3 is 3.00 bits per heavy atom. The van der Waals surface area contributed by atoms with Crippen LogP contribution in [0, 0.1) is 13.8 Å². The van der Waals surface area contributed by atoms with Gasteiger partial charge in [0, 0.05) is 36.6 Å². The number of hydrogen-bond donors (Lipinski definition) is 1. The van der Waals surface area contributed by atoms with Crippen LogP contribution < -0.4 is 0 Å². The molecule has 1 unspecified atom stereocenters. The average Bonchev–Trinajstić information content (AvgIpc) is 3.00. The highest BCUT2D eigenvalue weighted by Crippen LogP contribution is 2.25. The molecule has 1 fully saturated rings. The van der Waals surface area contributed by atoms with Crippen molar-refractivity contribution in [1.29, 1.82) is 0 Å². The van der Waals surface area contributed by atoms with E-state index in [0.717, 1.165) is 49.0 Å². The number of nitrogens with one attached hydrogen (secondary N) is 1. The molecule has 1 atom stereocenters. The second-order valence-corrected chi connectivity index (χ2v) is 5.25. The summed E-state index contributed by atoms with van der Waals surface area (Å²) in [4.78, 5) is 18.9. The van der Waals surface area contributed by atoms with Gasteiger partial charge in [-0.15, -0.1) is 0 Å². The van der Waals surface area contributed by atoms with Crippen LogP contribution in [0.4, 0.5) is 0 Å². The van der Waals surface area contributed by atoms with E-state index < -0.39 is 0 Å². The number of aromatic amines is 1. The second-order valence-electron chi connectivity index (χ2n) is 5.25. The summed E-state index contributed by atoms with van der Waals surface area (Å²) in [5.74, 6) is 1.44. The predicted molar refractivity (Wildman–Crippen MR) is 72.7 cm³/mol. The summed E-state index contributed by atoms with van der Waals surface area (Å²) in [7, 11) is 0. The lowest BCUT2D eigenvalue weighted by Gasteiger charge is -2.14. The standard InChI is InChI=1S/C14H19N5/c1-10-3-5-15-14(18-10)12-4-6-19(7-12)8-13-11(2)16-9-17-13/h3,5,9,12H,4,6-8H2,1-2H3,(H,16,17). The van der Waals surface area contributed by atoms with Crippen LogP contribution in [-0.4, -0.2) is 37.9 Å². The zero-order chi connectivity index (χ0) is 13.2. The van der Waals surface area contributed by atoms with Crippen molar-refractivity contribution in [2.24, 2.45) is 0 Å². The first kappa shape index (κ1) is 12.3. The van der Waals surface area contributed by atoms with Gasteiger partial charge in [-0.25, -0.2) is 15.0 Å². The van der Waals surface area contributed by atoms with Gasteiger partial charge in [-0.3, -0.25) is 4.90 Å². The zero-order valence-corrected chi connectivity index (χ0v) is 11.4. The number of rotatable bonds is 3. The average molecular weight is 257 g/mol. The number of aryl methyl sites for hydroxylation is 2. The van der Waals surface area contributed by atoms with Crippen LogP contribution in [-0.2, 0) is 6.54 Å². The lowest BCUT2D eigenvalue weighted by Crippen LogP contribution is -2.21. The van der Waals surface area contributed by atoms with E-state index in [1.165, 1.54) is 0 Å². The van der Waals surface area contributed by atoms with Gasteiger partial charge in [0.1, 0.15) is 5.82 Å². The lowest BCUT2D eigenvalue weighted by atomic mass is 10.1. The van der Waals surface area contributed by atoms with E-state index in [2.05, 4.69) is 31.8 Å². The van der Waals surface area contributed by atoms with Crippen molar-refractivity contribution in [3.05, 3.63) is 41.5 Å². The maximum absolute atomic E-state index is 4.54. The van der Waals surface area contributed by atoms with Crippen LogP contribution in [0.1, 0.15) is 35.2 Å². The molecule has 100 valence electrons. The Morgan fingerprint density at radius 1 is 1.37 bits per heavy atom. The monoisotopic (exact) mass is 257 g/mol. The topological polar surface area (TPSA) is 57.7 Å². The van der Waals surface area contributed by atoms with Gasteiger partial charge in [-0.05, 0) is 32.9 Å². The molecule has 1 saturated heterocycles. The minimum atomic E-state index is 0.458. The molecule has 0 radical (unpaired) electrons. The van der Waals surface area contributed by atoms with Gasteiger partial charge < -0.3 is 4.98 Å². The molecule has 3 rings (SSSR count). The van der Waals surface area contributed by atoms with Gasteiger partial charge in [-0.1, -0.05) is 0 Å². The minimum Gasteiger partial charge on any atom is -0.348 e. The maximum Gasteiger partial charge on any atom is 0.132 e. The van der Waals surface area contributed by atoms with Gasteiger partial charge in [0.25, 0.3) is 0 Å². The minimum absolute atomic E-state index is 0.458. The largest absolute Gasteiger partial charge is 0.348 e. The molecule has 0 bridgehead atoms. The molecule has 19 heavy (non-hydrogen) atoms. The second kappa shape index (κ2) is 5.09. The number of likely N-dealkylation sites (tertiary alicyclic amines) is 1. The van der Waals surface area contributed by atoms with Crippen LogP contribution in [0.5, 0.6) is 0 Å². The Bertz CT molecular complexity index is 562. The smallest absolute Gasteiger partial charge is 0.132 e. The van der Waals surface area contributed by atoms with Crippen molar-refractivity contribution in [3.8, 4) is 0 Å². The molecule has 0 aliphatic carbocycles. The quantitative estimate of drug-likeness (QED) is 0.911. The first-order valence-electron chi connectivity index (χ1n) is 6.73. The van der Waals surface area contributed by atoms with E-state index in [1.54, 1.807) is 6.33 Å². The third-order valence-corrected chi connectivity index (χ3v) is 3.76. The third kappa shape index (κ3) is 2.66. The molecule has 0 saturated carbocycles. The van der Waals surface area contributed by atoms with Crippen molar-refractivity contribution >= 4 is 0 Å². The maximum atomic E-state index is 4.54. The van der Waals surface area contributed by atoms with Gasteiger partial charge in [0.15, 0.2) is 0 Å². The van der Waals surface area contributed by atoms with Crippen molar-refractivity contribution in [2.75, 3.05) is 13.1 Å². The molecule has 0 aromatic carbocycles. The fourth-order valence-corrected chi connectivity index (χ4v) is 2.61. The summed E-state index contributed by atoms with van der Waals surface area (Å²) in [6.07, 6.45) is 4.76. The van der Waals surface area contributed by atoms with E-state index in [-0.39, 0.29) is 0 Å². The van der Waals surface area contributed by atoms with E-state index in [4.69, 9.17) is 0 Å². The Labute approximate surface area is 113 Å². The highest BCUT2D eigenvalue weighted by Gasteiger charge is 2.26. The summed E-state index contributed by atoms with van der Waals surface area (Å²) in [5, 5.41) is 0. The molecular weight excluding hydrogens is 238 g/mol. The molecule has 1 aliphatic heterocycles. The molecular formula is C14H19N5. The summed E-state index contributed by atoms with van der Waals surface area (Å²) in [5.41, 5.74) is 3.35. The summed E-state index contributed by atoms with van der Waals surface area (Å²) < 4.78 is 0. The lowest BCUT2D eigenvalue weighted by molar-refractivity contribution is 0.321. The number of nitrogens with zero attached hydrogens (tertiary/aromatic N) is 4. The number of imidazole rings is 1. The molecule has 0 amide bonds. The van der Waals surface area contributed by atoms with Gasteiger partial charge in [0.2, 0.25) is 0 Å². The number of hydrogen-bond acceptors (Lipinski definition) is 4. The van der Waals surface area contributed by atoms with E-state index in [1.807, 2.05) is 19.2 Å². The van der Waals surface area contributed by atoms with Crippen LogP contribution in [0.15, 0.2) is 18.6 Å². The van der Waals surface area contributed by atoms with Gasteiger partial charge in [-0.2, -0.15) is 0 Å². The summed E-state index contributed by atoms with van der Waals surface area (Å²) in [6, 6.07) is 1.95. The SMILES string of the molecule is Cc1ccnc(C2CCN(Cc3nc[nH]c3C)C2)n1. The number of aromatic nitrogens is 4. The van der Waals surface area contributed by atoms with Crippen molar-refractivity contribution in [2.45, 2.75) is 32.7 Å². The fraction of sp³-hybridized carbons (Fsp3) is 0.500. The van der Waals surface area contributed by atoms with Crippen LogP contribution in [0.25, 0.3) is 0 Å².